The van der Waals surface area contributed by atoms with Crippen LogP contribution < -0.4 is 5.32 Å². The van der Waals surface area contributed by atoms with Crippen molar-refractivity contribution in [1.29, 1.82) is 0 Å². The molecule has 0 aromatic carbocycles. The lowest BCUT2D eigenvalue weighted by Crippen LogP contribution is -2.35. The molecular weight excluding hydrogens is 362 g/mol. The van der Waals surface area contributed by atoms with Gasteiger partial charge in [-0.25, -0.2) is 0 Å². The highest BCUT2D eigenvalue weighted by Gasteiger charge is 2.30. The molecule has 0 aromatic heterocycles. The van der Waals surface area contributed by atoms with Crippen molar-refractivity contribution in [3.63, 3.8) is 0 Å². The van der Waals surface area contributed by atoms with Crippen LogP contribution >= 0.6 is 0 Å². The minimum atomic E-state index is 0.494. The summed E-state index contributed by atoms with van der Waals surface area (Å²) >= 11 is 0. The maximum atomic E-state index is 5.55. The van der Waals surface area contributed by atoms with Crippen molar-refractivity contribution < 1.29 is 0 Å². The molecule has 3 aliphatic carbocycles. The van der Waals surface area contributed by atoms with Gasteiger partial charge in [-0.1, -0.05) is 102 Å². The second-order valence-electron chi connectivity index (χ2n) is 11.0. The molecule has 0 N–H and O–H groups in total. The minimum absolute atomic E-state index is 0.494. The Morgan fingerprint density at radius 1 is 0.500 bits per heavy atom. The van der Waals surface area contributed by atoms with Crippen molar-refractivity contribution in [2.45, 2.75) is 141 Å². The summed E-state index contributed by atoms with van der Waals surface area (Å²) < 4.78 is 0. The van der Waals surface area contributed by atoms with E-state index in [9.17, 15) is 0 Å². The summed E-state index contributed by atoms with van der Waals surface area (Å²) in [5.74, 6) is 2.38. The van der Waals surface area contributed by atoms with Crippen LogP contribution in [0.4, 0.5) is 0 Å². The van der Waals surface area contributed by atoms with Gasteiger partial charge >= 0.3 is 0 Å². The average molecular weight is 411 g/mol. The van der Waals surface area contributed by atoms with Crippen LogP contribution in [0.5, 0.6) is 0 Å². The SMILES string of the molecule is C1=C(C2CCCCCCC2)C=C(C2CCCCCCC2)[N]C1C1CCCCCCC1. The first-order valence-corrected chi connectivity index (χ1v) is 14.0. The molecule has 1 heterocycles. The van der Waals surface area contributed by atoms with Crippen LogP contribution in [0.15, 0.2) is 23.4 Å². The summed E-state index contributed by atoms with van der Waals surface area (Å²) in [7, 11) is 0. The monoisotopic (exact) mass is 410 g/mol. The normalized spacial score (nSPS) is 29.8. The molecule has 0 saturated heterocycles. The van der Waals surface area contributed by atoms with Gasteiger partial charge in [-0.15, -0.1) is 0 Å². The third-order valence-corrected chi connectivity index (χ3v) is 8.71. The first-order valence-electron chi connectivity index (χ1n) is 14.0. The van der Waals surface area contributed by atoms with Gasteiger partial charge in [-0.05, 0) is 62.0 Å². The fourth-order valence-corrected chi connectivity index (χ4v) is 6.75. The van der Waals surface area contributed by atoms with E-state index in [1.807, 2.05) is 0 Å². The maximum absolute atomic E-state index is 5.55. The molecular formula is C29H48N. The van der Waals surface area contributed by atoms with Gasteiger partial charge in [0, 0.05) is 11.6 Å². The quantitative estimate of drug-likeness (QED) is 0.441. The van der Waals surface area contributed by atoms with E-state index in [-0.39, 0.29) is 0 Å². The zero-order valence-electron chi connectivity index (χ0n) is 19.8. The Hall–Kier alpha value is -0.720. The topological polar surface area (TPSA) is 14.1 Å². The molecule has 0 aromatic rings. The van der Waals surface area contributed by atoms with Crippen LogP contribution in [0.25, 0.3) is 0 Å². The fourth-order valence-electron chi connectivity index (χ4n) is 6.75. The third-order valence-electron chi connectivity index (χ3n) is 8.71. The van der Waals surface area contributed by atoms with Crippen molar-refractivity contribution in [3.8, 4) is 0 Å². The van der Waals surface area contributed by atoms with Gasteiger partial charge in [0.05, 0.1) is 6.04 Å². The number of hydrogen-bond acceptors (Lipinski definition) is 0. The second-order valence-corrected chi connectivity index (χ2v) is 11.0. The molecule has 4 aliphatic rings. The third kappa shape index (κ3) is 6.64. The van der Waals surface area contributed by atoms with Gasteiger partial charge in [-0.3, -0.25) is 5.32 Å². The van der Waals surface area contributed by atoms with Crippen molar-refractivity contribution in [2.24, 2.45) is 17.8 Å². The van der Waals surface area contributed by atoms with Crippen molar-refractivity contribution >= 4 is 0 Å². The highest BCUT2D eigenvalue weighted by Crippen LogP contribution is 2.38. The molecule has 1 atom stereocenters. The summed E-state index contributed by atoms with van der Waals surface area (Å²) in [6, 6.07) is 0.494. The van der Waals surface area contributed by atoms with E-state index < -0.39 is 0 Å². The second kappa shape index (κ2) is 12.4. The Bertz CT molecular complexity index is 535. The lowest BCUT2D eigenvalue weighted by Gasteiger charge is -2.35. The Morgan fingerprint density at radius 3 is 1.47 bits per heavy atom. The molecule has 169 valence electrons. The number of allylic oxidation sites excluding steroid dienone is 3. The first kappa shape index (κ1) is 22.5. The van der Waals surface area contributed by atoms with E-state index in [2.05, 4.69) is 12.2 Å². The zero-order valence-corrected chi connectivity index (χ0v) is 19.8. The zero-order chi connectivity index (χ0) is 20.4. The highest BCUT2D eigenvalue weighted by atomic mass is 14.9. The molecule has 0 spiro atoms. The van der Waals surface area contributed by atoms with Crippen LogP contribution in [-0.4, -0.2) is 6.04 Å². The Kier molecular flexibility index (Phi) is 9.25. The summed E-state index contributed by atoms with van der Waals surface area (Å²) in [6.45, 7) is 0. The van der Waals surface area contributed by atoms with Crippen molar-refractivity contribution in [3.05, 3.63) is 23.4 Å². The lowest BCUT2D eigenvalue weighted by molar-refractivity contribution is 0.305. The largest absolute Gasteiger partial charge is 0.282 e. The molecule has 1 radical (unpaired) electrons. The van der Waals surface area contributed by atoms with E-state index in [4.69, 9.17) is 5.32 Å². The van der Waals surface area contributed by atoms with Gasteiger partial charge in [0.2, 0.25) is 0 Å². The van der Waals surface area contributed by atoms with Crippen LogP contribution in [0.1, 0.15) is 135 Å². The standard InChI is InChI=1S/C29H48N/c1-4-10-16-24(17-11-5-1)27-22-28(25-18-12-6-2-7-13-19-25)30-29(23-27)26-20-14-8-3-9-15-21-26/h22-26,28H,1-21H2. The van der Waals surface area contributed by atoms with Gasteiger partial charge in [0.25, 0.3) is 0 Å². The number of rotatable bonds is 3. The minimum Gasteiger partial charge on any atom is -0.282 e. The van der Waals surface area contributed by atoms with Crippen LogP contribution in [0.3, 0.4) is 0 Å². The fraction of sp³-hybridized carbons (Fsp3) is 0.862. The Labute approximate surface area is 187 Å². The molecule has 1 nitrogen and oxygen atoms in total. The summed E-state index contributed by atoms with van der Waals surface area (Å²) in [6.07, 6.45) is 35.5. The number of nitrogens with zero attached hydrogens (tertiary/aromatic N) is 1. The van der Waals surface area contributed by atoms with E-state index in [1.54, 1.807) is 5.57 Å². The van der Waals surface area contributed by atoms with E-state index in [1.165, 1.54) is 141 Å². The Morgan fingerprint density at radius 2 is 0.933 bits per heavy atom. The van der Waals surface area contributed by atoms with Crippen molar-refractivity contribution in [1.82, 2.24) is 5.32 Å². The molecule has 4 rings (SSSR count). The molecule has 3 fully saturated rings. The van der Waals surface area contributed by atoms with Gasteiger partial charge in [0.1, 0.15) is 0 Å². The van der Waals surface area contributed by atoms with Crippen LogP contribution in [0.2, 0.25) is 0 Å². The molecule has 1 heteroatoms. The highest BCUT2D eigenvalue weighted by molar-refractivity contribution is 5.33. The molecule has 30 heavy (non-hydrogen) atoms. The average Bonchev–Trinajstić information content (AvgIpc) is 2.67. The molecule has 3 saturated carbocycles. The van der Waals surface area contributed by atoms with Gasteiger partial charge in [-0.2, -0.15) is 0 Å². The van der Waals surface area contributed by atoms with Gasteiger partial charge < -0.3 is 0 Å². The Balaban J connectivity index is 1.53. The van der Waals surface area contributed by atoms with Crippen LogP contribution in [-0.2, 0) is 0 Å². The predicted molar refractivity (Wildman–Crippen MR) is 130 cm³/mol. The summed E-state index contributed by atoms with van der Waals surface area (Å²) in [4.78, 5) is 0. The lowest BCUT2D eigenvalue weighted by atomic mass is 9.77. The summed E-state index contributed by atoms with van der Waals surface area (Å²) in [5.41, 5.74) is 3.25. The molecule has 0 bridgehead atoms. The van der Waals surface area contributed by atoms with Gasteiger partial charge in [0.15, 0.2) is 0 Å². The first-order chi connectivity index (χ1) is 14.9. The summed E-state index contributed by atoms with van der Waals surface area (Å²) in [5, 5.41) is 5.55. The maximum Gasteiger partial charge on any atom is 0.0717 e. The van der Waals surface area contributed by atoms with E-state index in [0.717, 1.165) is 17.8 Å². The van der Waals surface area contributed by atoms with E-state index in [0.29, 0.717) is 6.04 Å². The molecule has 1 aliphatic heterocycles. The molecule has 0 amide bonds. The van der Waals surface area contributed by atoms with Crippen LogP contribution in [0, 0.1) is 17.8 Å². The van der Waals surface area contributed by atoms with E-state index >= 15 is 0 Å². The smallest absolute Gasteiger partial charge is 0.0717 e. The predicted octanol–water partition coefficient (Wildman–Crippen LogP) is 8.86. The van der Waals surface area contributed by atoms with Crippen molar-refractivity contribution in [2.75, 3.05) is 0 Å². The number of hydrogen-bond donors (Lipinski definition) is 0. The molecule has 1 unspecified atom stereocenters.